The van der Waals surface area contributed by atoms with Crippen LogP contribution in [-0.2, 0) is 55.3 Å². The van der Waals surface area contributed by atoms with Crippen molar-refractivity contribution in [1.82, 2.24) is 4.98 Å². The molecule has 12 rings (SSSR count). The van der Waals surface area contributed by atoms with Crippen molar-refractivity contribution >= 4 is 23.5 Å². The van der Waals surface area contributed by atoms with Gasteiger partial charge in [0.05, 0.1) is 12.5 Å². The van der Waals surface area contributed by atoms with Gasteiger partial charge in [0.25, 0.3) is 0 Å². The summed E-state index contributed by atoms with van der Waals surface area (Å²) in [6.45, 7) is 3.47. The Morgan fingerprint density at radius 1 is 0.463 bits per heavy atom. The van der Waals surface area contributed by atoms with Gasteiger partial charge in [0.1, 0.15) is 0 Å². The predicted octanol–water partition coefficient (Wildman–Crippen LogP) is 14.0. The predicted molar refractivity (Wildman–Crippen MR) is 266 cm³/mol. The number of anilines is 2. The first kappa shape index (κ1) is 42.2. The summed E-state index contributed by atoms with van der Waals surface area (Å²) >= 11 is 0. The first-order chi connectivity index (χ1) is 32.6. The molecule has 0 N–H and O–H groups in total. The number of aryl methyl sites for hydroxylation is 4. The van der Waals surface area contributed by atoms with Gasteiger partial charge >= 0.3 is 0 Å². The number of hydrogen-bond donors (Lipinski definition) is 0. The summed E-state index contributed by atoms with van der Waals surface area (Å²) in [7, 11) is 0. The van der Waals surface area contributed by atoms with E-state index in [2.05, 4.69) is 182 Å². The van der Waals surface area contributed by atoms with Crippen LogP contribution in [0.2, 0.25) is 0 Å². The average molecular weight is 1040 g/mol. The van der Waals surface area contributed by atoms with Gasteiger partial charge in [0.2, 0.25) is 0 Å². The van der Waals surface area contributed by atoms with E-state index in [9.17, 15) is 0 Å². The molecule has 1 aromatic heterocycles. The topological polar surface area (TPSA) is 37.8 Å². The van der Waals surface area contributed by atoms with Crippen molar-refractivity contribution < 1.29 is 29.6 Å². The Bertz CT molecular complexity index is 3150. The molecule has 0 saturated heterocycles. The number of fused-ring (bicyclic) bond motifs is 6. The molecule has 4 aliphatic heterocycles. The Labute approximate surface area is 406 Å². The van der Waals surface area contributed by atoms with E-state index in [0.717, 1.165) is 93.1 Å². The van der Waals surface area contributed by atoms with Gasteiger partial charge in [-0.15, -0.1) is 58.7 Å². The normalized spacial score (nSPS) is 13.9. The molecule has 5 heterocycles. The van der Waals surface area contributed by atoms with Crippen LogP contribution in [0.5, 0.6) is 0 Å². The van der Waals surface area contributed by atoms with E-state index in [-0.39, 0.29) is 20.1 Å². The maximum Gasteiger partial charge on any atom is 0.0696 e. The van der Waals surface area contributed by atoms with Gasteiger partial charge in [0, 0.05) is 37.7 Å². The Balaban J connectivity index is 0.00000494. The number of nitrogens with zero attached hydrogens (tertiary/aromatic N) is 3. The third-order valence-electron chi connectivity index (χ3n) is 12.8. The smallest absolute Gasteiger partial charge is 0.0696 e. The van der Waals surface area contributed by atoms with Crippen molar-refractivity contribution in [2.24, 2.45) is 0 Å². The molecule has 1 radical (unpaired) electrons. The zero-order valence-corrected chi connectivity index (χ0v) is 38.8. The fourth-order valence-corrected chi connectivity index (χ4v) is 9.34. The van der Waals surface area contributed by atoms with E-state index in [4.69, 9.17) is 14.5 Å². The van der Waals surface area contributed by atoms with Crippen molar-refractivity contribution in [3.63, 3.8) is 0 Å². The van der Waals surface area contributed by atoms with Crippen LogP contribution < -0.4 is 9.80 Å². The molecule has 0 atom stereocenters. The molecule has 5 nitrogen and oxygen atoms in total. The van der Waals surface area contributed by atoms with E-state index in [1.165, 1.54) is 44.5 Å². The van der Waals surface area contributed by atoms with Gasteiger partial charge in [-0.3, -0.25) is 0 Å². The van der Waals surface area contributed by atoms with Crippen molar-refractivity contribution in [3.8, 4) is 55.8 Å². The van der Waals surface area contributed by atoms with Gasteiger partial charge in [-0.1, -0.05) is 147 Å². The first-order valence-corrected chi connectivity index (χ1v) is 22.4. The van der Waals surface area contributed by atoms with E-state index in [1.807, 2.05) is 28.1 Å². The molecule has 8 aromatic rings. The summed E-state index contributed by atoms with van der Waals surface area (Å²) in [5.41, 5.74) is 22.7. The van der Waals surface area contributed by atoms with Gasteiger partial charge in [-0.05, 0) is 80.8 Å². The molecule has 0 saturated carbocycles. The third-order valence-corrected chi connectivity index (χ3v) is 12.8. The molecular formula is C61H42IrN3O2-5. The van der Waals surface area contributed by atoms with Gasteiger partial charge in [-0.25, -0.2) is 0 Å². The molecule has 7 aromatic carbocycles. The molecule has 0 aliphatic carbocycles. The molecule has 0 bridgehead atoms. The quantitative estimate of drug-likeness (QED) is 0.121. The Kier molecular flexibility index (Phi) is 11.6. The average Bonchev–Trinajstić information content (AvgIpc) is 4.09. The second-order valence-corrected chi connectivity index (χ2v) is 17.0. The number of pyridine rings is 1. The molecule has 0 spiro atoms. The Hall–Kier alpha value is -7.50. The number of ether oxygens (including phenoxy) is 2. The van der Waals surface area contributed by atoms with E-state index in [0.29, 0.717) is 0 Å². The first-order valence-electron chi connectivity index (χ1n) is 22.4. The monoisotopic (exact) mass is 1040 g/mol. The molecule has 327 valence electrons. The van der Waals surface area contributed by atoms with E-state index >= 15 is 0 Å². The number of allylic oxidation sites excluding steroid dienone is 2. The Morgan fingerprint density at radius 3 is 1.60 bits per heavy atom. The van der Waals surface area contributed by atoms with Crippen molar-refractivity contribution in [2.75, 3.05) is 9.80 Å². The summed E-state index contributed by atoms with van der Waals surface area (Å²) in [5, 5.41) is 0. The van der Waals surface area contributed by atoms with Crippen LogP contribution in [0, 0.1) is 31.7 Å². The second-order valence-electron chi connectivity index (χ2n) is 17.0. The standard InChI is InChI=1S/C61H42N3O2.Ir/c1-2-7-46(8-3-1)47-19-21-48(22-20-47)49-9-6-10-50(36-49)59-28-25-53(37-62-59)57-11-4-5-12-58(57)54-34-44(15-13-42-17-29-60-51(32-42)23-26-55-38-65-40-63(55)60)31-45(35-54)16-14-43-18-30-61-52(33-43)24-27-56-39-66-41-64(56)61;/h1-9,11-12,17-28,31-41H,13-16H2;/q-5;. The van der Waals surface area contributed by atoms with Crippen LogP contribution in [0.3, 0.4) is 0 Å². The van der Waals surface area contributed by atoms with Crippen molar-refractivity contribution in [3.05, 3.63) is 259 Å². The third kappa shape index (κ3) is 8.58. The molecule has 0 unspecified atom stereocenters. The molecule has 4 aliphatic rings. The van der Waals surface area contributed by atoms with Crippen molar-refractivity contribution in [2.45, 2.75) is 25.7 Å². The van der Waals surface area contributed by atoms with Crippen LogP contribution in [0.1, 0.15) is 33.4 Å². The molecular weight excluding hydrogens is 999 g/mol. The van der Waals surface area contributed by atoms with Crippen LogP contribution in [0.4, 0.5) is 11.4 Å². The molecule has 67 heavy (non-hydrogen) atoms. The number of hydrogen-bond acceptors (Lipinski definition) is 5. The van der Waals surface area contributed by atoms with Gasteiger partial charge in [0.15, 0.2) is 0 Å². The summed E-state index contributed by atoms with van der Waals surface area (Å²) in [5.74, 6) is 0. The minimum Gasteiger partial charge on any atom is -0.645 e. The largest absolute Gasteiger partial charge is 0.645 e. The van der Waals surface area contributed by atoms with Gasteiger partial charge < -0.3 is 24.3 Å². The number of aromatic nitrogens is 1. The summed E-state index contributed by atoms with van der Waals surface area (Å²) in [4.78, 5) is 9.12. The summed E-state index contributed by atoms with van der Waals surface area (Å²) in [6, 6.07) is 65.0. The van der Waals surface area contributed by atoms with Crippen LogP contribution in [-0.4, -0.2) is 4.98 Å². The maximum absolute atomic E-state index is 5.47. The molecule has 0 amide bonds. The minimum absolute atomic E-state index is 0. The number of rotatable bonds is 11. The zero-order valence-electron chi connectivity index (χ0n) is 36.4. The van der Waals surface area contributed by atoms with Crippen LogP contribution in [0.25, 0.3) is 67.9 Å². The SMILES string of the molecule is [Ir].[c-]1ccc(-c2ccc(-c3ccccc3)cc2)cc1-c1ccc(-c2ccccc2-c2cc(CCc3c[c-]c4c(c3)C=CC3=CO[CH-]N34)cc(CCc3c[c-]c4c(c3)C=CC3=CO[CH-]N34)c2)cn1. The minimum atomic E-state index is 0. The molecule has 6 heteroatoms. The summed E-state index contributed by atoms with van der Waals surface area (Å²) < 4.78 is 10.9. The second kappa shape index (κ2) is 18.4. The van der Waals surface area contributed by atoms with Crippen LogP contribution >= 0.6 is 0 Å². The maximum atomic E-state index is 5.47. The fraction of sp³-hybridized carbons (Fsp3) is 0.0656. The summed E-state index contributed by atoms with van der Waals surface area (Å²) in [6.07, 6.45) is 17.6. The van der Waals surface area contributed by atoms with Gasteiger partial charge in [-0.2, -0.15) is 47.5 Å². The Morgan fingerprint density at radius 2 is 1.00 bits per heavy atom. The zero-order chi connectivity index (χ0) is 43.8. The van der Waals surface area contributed by atoms with Crippen molar-refractivity contribution in [1.29, 1.82) is 0 Å². The van der Waals surface area contributed by atoms with E-state index < -0.39 is 0 Å². The molecule has 0 fully saturated rings. The fourth-order valence-electron chi connectivity index (χ4n) is 9.34. The van der Waals surface area contributed by atoms with E-state index in [1.54, 1.807) is 26.0 Å². The number of benzene rings is 7. The van der Waals surface area contributed by atoms with Crippen LogP contribution in [0.15, 0.2) is 194 Å².